The van der Waals surface area contributed by atoms with Crippen LogP contribution in [-0.4, -0.2) is 41.6 Å². The zero-order valence-electron chi connectivity index (χ0n) is 11.3. The molecule has 2 unspecified atom stereocenters. The molecular formula is C11H22F2N2O2. The third kappa shape index (κ3) is 4.46. The monoisotopic (exact) mass is 252 g/mol. The van der Waals surface area contributed by atoms with Crippen LogP contribution in [0.3, 0.4) is 0 Å². The van der Waals surface area contributed by atoms with Gasteiger partial charge in [0, 0.05) is 7.05 Å². The summed E-state index contributed by atoms with van der Waals surface area (Å²) in [5.74, 6) is 0. The normalized spacial score (nSPS) is 17.5. The van der Waals surface area contributed by atoms with E-state index in [0.717, 1.165) is 4.90 Å². The molecule has 0 saturated carbocycles. The van der Waals surface area contributed by atoms with Crippen molar-refractivity contribution in [1.29, 1.82) is 0 Å². The molecule has 0 radical (unpaired) electrons. The predicted molar refractivity (Wildman–Crippen MR) is 62.1 cm³/mol. The Morgan fingerprint density at radius 2 is 1.71 bits per heavy atom. The van der Waals surface area contributed by atoms with Crippen LogP contribution in [0.2, 0.25) is 0 Å². The minimum Gasteiger partial charge on any atom is -0.444 e. The van der Waals surface area contributed by atoms with Crippen molar-refractivity contribution in [3.63, 3.8) is 0 Å². The molecule has 0 aromatic heterocycles. The first-order valence-electron chi connectivity index (χ1n) is 5.42. The minimum atomic E-state index is -2.72. The van der Waals surface area contributed by atoms with Gasteiger partial charge in [0.1, 0.15) is 5.60 Å². The summed E-state index contributed by atoms with van der Waals surface area (Å²) in [5, 5.41) is 0. The van der Waals surface area contributed by atoms with Gasteiger partial charge in [-0.05, 0) is 34.6 Å². The predicted octanol–water partition coefficient (Wildman–Crippen LogP) is 2.22. The van der Waals surface area contributed by atoms with E-state index >= 15 is 0 Å². The first kappa shape index (κ1) is 16.1. The van der Waals surface area contributed by atoms with Crippen molar-refractivity contribution in [3.8, 4) is 0 Å². The first-order chi connectivity index (χ1) is 7.39. The first-order valence-corrected chi connectivity index (χ1v) is 5.42. The lowest BCUT2D eigenvalue weighted by Gasteiger charge is -2.37. The summed E-state index contributed by atoms with van der Waals surface area (Å²) < 4.78 is 30.5. The fourth-order valence-corrected chi connectivity index (χ4v) is 1.09. The Morgan fingerprint density at radius 3 is 2.00 bits per heavy atom. The van der Waals surface area contributed by atoms with Gasteiger partial charge in [-0.2, -0.15) is 0 Å². The highest BCUT2D eigenvalue weighted by molar-refractivity contribution is 5.68. The summed E-state index contributed by atoms with van der Waals surface area (Å²) in [7, 11) is 1.40. The van der Waals surface area contributed by atoms with Crippen LogP contribution in [0.25, 0.3) is 0 Å². The second-order valence-corrected chi connectivity index (χ2v) is 5.43. The summed E-state index contributed by atoms with van der Waals surface area (Å²) >= 11 is 0. The molecule has 0 aromatic carbocycles. The number of hydrogen-bond donors (Lipinski definition) is 1. The molecule has 0 spiro atoms. The fraction of sp³-hybridized carbons (Fsp3) is 0.909. The Bertz CT molecular complexity index is 275. The molecule has 17 heavy (non-hydrogen) atoms. The Morgan fingerprint density at radius 1 is 1.29 bits per heavy atom. The van der Waals surface area contributed by atoms with Crippen molar-refractivity contribution >= 4 is 6.09 Å². The number of amides is 1. The van der Waals surface area contributed by atoms with Crippen LogP contribution in [0.4, 0.5) is 13.6 Å². The van der Waals surface area contributed by atoms with Crippen molar-refractivity contribution in [3.05, 3.63) is 0 Å². The second kappa shape index (κ2) is 5.16. The SMILES string of the molecule is CC(N(C)C(=O)OC(C)(C)C)C(C)(N)C(F)F. The molecule has 0 aliphatic heterocycles. The number of alkyl halides is 2. The maximum absolute atomic E-state index is 12.7. The third-order valence-corrected chi connectivity index (χ3v) is 2.63. The molecule has 0 aliphatic rings. The van der Waals surface area contributed by atoms with Crippen LogP contribution in [0.5, 0.6) is 0 Å². The number of hydrogen-bond acceptors (Lipinski definition) is 3. The minimum absolute atomic E-state index is 0.665. The Hall–Kier alpha value is -0.910. The van der Waals surface area contributed by atoms with Crippen LogP contribution < -0.4 is 5.73 Å². The highest BCUT2D eigenvalue weighted by atomic mass is 19.3. The smallest absolute Gasteiger partial charge is 0.410 e. The molecule has 2 N–H and O–H groups in total. The largest absolute Gasteiger partial charge is 0.444 e. The van der Waals surface area contributed by atoms with Crippen LogP contribution >= 0.6 is 0 Å². The Balaban J connectivity index is 4.71. The number of ether oxygens (including phenoxy) is 1. The molecular weight excluding hydrogens is 230 g/mol. The van der Waals surface area contributed by atoms with Gasteiger partial charge in [0.05, 0.1) is 11.6 Å². The van der Waals surface area contributed by atoms with Crippen molar-refractivity contribution in [2.45, 2.75) is 58.2 Å². The summed E-state index contributed by atoms with van der Waals surface area (Å²) in [6, 6.07) is -0.836. The van der Waals surface area contributed by atoms with Gasteiger partial charge in [-0.3, -0.25) is 0 Å². The number of nitrogens with zero attached hydrogens (tertiary/aromatic N) is 1. The Kier molecular flexibility index (Phi) is 4.89. The zero-order valence-corrected chi connectivity index (χ0v) is 11.3. The molecule has 1 amide bonds. The molecule has 0 saturated heterocycles. The molecule has 0 fully saturated rings. The van der Waals surface area contributed by atoms with Crippen molar-refractivity contribution in [1.82, 2.24) is 4.90 Å². The van der Waals surface area contributed by atoms with Crippen molar-refractivity contribution in [2.24, 2.45) is 5.73 Å². The molecule has 0 bridgehead atoms. The number of carbonyl (C=O) groups is 1. The van der Waals surface area contributed by atoms with Crippen molar-refractivity contribution in [2.75, 3.05) is 7.05 Å². The summed E-state index contributed by atoms with van der Waals surface area (Å²) in [5.41, 5.74) is 3.07. The molecule has 102 valence electrons. The van der Waals surface area contributed by atoms with E-state index < -0.39 is 29.7 Å². The number of likely N-dealkylation sites (N-methyl/N-ethyl adjacent to an activating group) is 1. The van der Waals surface area contributed by atoms with E-state index in [1.165, 1.54) is 20.9 Å². The standard InChI is InChI=1S/C11H22F2N2O2/c1-7(11(5,14)8(12)13)15(6)9(16)17-10(2,3)4/h7-8H,14H2,1-6H3. The second-order valence-electron chi connectivity index (χ2n) is 5.43. The average molecular weight is 252 g/mol. The zero-order chi connectivity index (χ0) is 14.0. The van der Waals surface area contributed by atoms with Gasteiger partial charge in [-0.15, -0.1) is 0 Å². The molecule has 6 heteroatoms. The van der Waals surface area contributed by atoms with Crippen LogP contribution in [0.1, 0.15) is 34.6 Å². The molecule has 0 aliphatic carbocycles. The molecule has 4 nitrogen and oxygen atoms in total. The van der Waals surface area contributed by atoms with E-state index in [9.17, 15) is 13.6 Å². The lowest BCUT2D eigenvalue weighted by Crippen LogP contribution is -2.60. The van der Waals surface area contributed by atoms with Crippen molar-refractivity contribution < 1.29 is 18.3 Å². The Labute approximate surface area is 101 Å². The van der Waals surface area contributed by atoms with E-state index in [1.807, 2.05) is 0 Å². The van der Waals surface area contributed by atoms with E-state index in [0.29, 0.717) is 0 Å². The number of carbonyl (C=O) groups excluding carboxylic acids is 1. The topological polar surface area (TPSA) is 55.6 Å². The molecule has 2 atom stereocenters. The maximum Gasteiger partial charge on any atom is 0.410 e. The van der Waals surface area contributed by atoms with Gasteiger partial charge in [0.15, 0.2) is 0 Å². The fourth-order valence-electron chi connectivity index (χ4n) is 1.09. The molecule has 0 heterocycles. The highest BCUT2D eigenvalue weighted by Crippen LogP contribution is 2.21. The van der Waals surface area contributed by atoms with Crippen LogP contribution in [-0.2, 0) is 4.74 Å². The lowest BCUT2D eigenvalue weighted by molar-refractivity contribution is -0.00983. The molecule has 0 aromatic rings. The van der Waals surface area contributed by atoms with Gasteiger partial charge in [0.25, 0.3) is 6.43 Å². The summed E-state index contributed by atoms with van der Waals surface area (Å²) in [6.45, 7) is 7.80. The van der Waals surface area contributed by atoms with Gasteiger partial charge in [-0.25, -0.2) is 13.6 Å². The third-order valence-electron chi connectivity index (χ3n) is 2.63. The van der Waals surface area contributed by atoms with Gasteiger partial charge in [0.2, 0.25) is 0 Å². The number of nitrogens with two attached hydrogens (primary N) is 1. The van der Waals surface area contributed by atoms with Gasteiger partial charge >= 0.3 is 6.09 Å². The molecule has 0 rings (SSSR count). The van der Waals surface area contributed by atoms with Crippen LogP contribution in [0.15, 0.2) is 0 Å². The van der Waals surface area contributed by atoms with E-state index in [4.69, 9.17) is 10.5 Å². The van der Waals surface area contributed by atoms with E-state index in [1.54, 1.807) is 20.8 Å². The lowest BCUT2D eigenvalue weighted by atomic mass is 9.94. The van der Waals surface area contributed by atoms with E-state index in [-0.39, 0.29) is 0 Å². The number of halogens is 2. The average Bonchev–Trinajstić information content (AvgIpc) is 2.12. The quantitative estimate of drug-likeness (QED) is 0.838. The maximum atomic E-state index is 12.7. The van der Waals surface area contributed by atoms with Gasteiger partial charge < -0.3 is 15.4 Å². The van der Waals surface area contributed by atoms with Crippen LogP contribution in [0, 0.1) is 0 Å². The van der Waals surface area contributed by atoms with E-state index in [2.05, 4.69) is 0 Å². The number of rotatable bonds is 3. The highest BCUT2D eigenvalue weighted by Gasteiger charge is 2.40. The van der Waals surface area contributed by atoms with Gasteiger partial charge in [-0.1, -0.05) is 0 Å². The summed E-state index contributed by atoms with van der Waals surface area (Å²) in [4.78, 5) is 12.8. The summed E-state index contributed by atoms with van der Waals surface area (Å²) in [6.07, 6.45) is -3.38.